The van der Waals surface area contributed by atoms with Gasteiger partial charge in [-0.1, -0.05) is 13.3 Å². The van der Waals surface area contributed by atoms with Crippen molar-refractivity contribution in [3.05, 3.63) is 47.8 Å². The number of hydrogen-bond donors (Lipinski definition) is 1. The second-order valence-electron chi connectivity index (χ2n) is 7.91. The number of hydrogen-bond acceptors (Lipinski definition) is 4. The maximum Gasteiger partial charge on any atom is 0.253 e. The van der Waals surface area contributed by atoms with Gasteiger partial charge in [0.15, 0.2) is 0 Å². The fourth-order valence-corrected chi connectivity index (χ4v) is 3.80. The molecule has 0 bridgehead atoms. The number of amides is 2. The molecule has 1 aromatic heterocycles. The third kappa shape index (κ3) is 4.50. The summed E-state index contributed by atoms with van der Waals surface area (Å²) in [6.45, 7) is 7.12. The van der Waals surface area contributed by atoms with Gasteiger partial charge in [-0.2, -0.15) is 5.10 Å². The molecular weight excluding hydrogens is 366 g/mol. The number of nitrogens with zero attached hydrogens (tertiary/aromatic N) is 4. The van der Waals surface area contributed by atoms with Crippen LogP contribution < -0.4 is 5.32 Å². The molecule has 2 amide bonds. The lowest BCUT2D eigenvalue weighted by Gasteiger charge is -2.34. The predicted molar refractivity (Wildman–Crippen MR) is 111 cm³/mol. The minimum Gasteiger partial charge on any atom is -0.352 e. The Kier molecular flexibility index (Phi) is 5.94. The molecule has 1 aromatic carbocycles. The van der Waals surface area contributed by atoms with E-state index >= 15 is 0 Å². The molecule has 1 saturated heterocycles. The summed E-state index contributed by atoms with van der Waals surface area (Å²) >= 11 is 0. The third-order valence-corrected chi connectivity index (χ3v) is 6.06. The molecule has 7 nitrogen and oxygen atoms in total. The summed E-state index contributed by atoms with van der Waals surface area (Å²) in [5, 5.41) is 7.38. The highest BCUT2D eigenvalue weighted by Gasteiger charge is 2.25. The van der Waals surface area contributed by atoms with Crippen molar-refractivity contribution in [1.29, 1.82) is 0 Å². The van der Waals surface area contributed by atoms with Gasteiger partial charge < -0.3 is 15.1 Å². The van der Waals surface area contributed by atoms with Crippen LogP contribution in [0.2, 0.25) is 0 Å². The number of piperazine rings is 1. The number of benzene rings is 1. The maximum absolute atomic E-state index is 12.7. The van der Waals surface area contributed by atoms with Crippen molar-refractivity contribution in [2.45, 2.75) is 32.7 Å². The van der Waals surface area contributed by atoms with E-state index in [2.05, 4.69) is 22.2 Å². The summed E-state index contributed by atoms with van der Waals surface area (Å²) < 4.78 is 1.78. The van der Waals surface area contributed by atoms with Crippen LogP contribution in [-0.4, -0.2) is 64.1 Å². The second kappa shape index (κ2) is 8.78. The van der Waals surface area contributed by atoms with Crippen molar-refractivity contribution in [2.24, 2.45) is 5.92 Å². The van der Waals surface area contributed by atoms with Crippen molar-refractivity contribution >= 4 is 11.8 Å². The molecule has 1 N–H and O–H groups in total. The molecule has 0 atom stereocenters. The van der Waals surface area contributed by atoms with Crippen molar-refractivity contribution in [2.75, 3.05) is 32.7 Å². The van der Waals surface area contributed by atoms with Gasteiger partial charge in [0.1, 0.15) is 0 Å². The van der Waals surface area contributed by atoms with E-state index in [0.29, 0.717) is 12.1 Å². The third-order valence-electron chi connectivity index (χ3n) is 6.06. The first kappa shape index (κ1) is 19.6. The van der Waals surface area contributed by atoms with E-state index in [1.165, 1.54) is 0 Å². The molecule has 29 heavy (non-hydrogen) atoms. The highest BCUT2D eigenvalue weighted by atomic mass is 16.2. The molecule has 2 aliphatic rings. The minimum absolute atomic E-state index is 0.0900. The zero-order valence-electron chi connectivity index (χ0n) is 17.0. The van der Waals surface area contributed by atoms with E-state index in [1.807, 2.05) is 35.4 Å². The van der Waals surface area contributed by atoms with Gasteiger partial charge in [0.25, 0.3) is 5.91 Å². The number of nitrogens with one attached hydrogen (secondary N) is 1. The van der Waals surface area contributed by atoms with Crippen LogP contribution >= 0.6 is 0 Å². The maximum atomic E-state index is 12.7. The van der Waals surface area contributed by atoms with Crippen LogP contribution in [0.4, 0.5) is 0 Å². The first-order valence-corrected chi connectivity index (χ1v) is 10.6. The summed E-state index contributed by atoms with van der Waals surface area (Å²) in [7, 11) is 0. The molecule has 1 aliphatic heterocycles. The van der Waals surface area contributed by atoms with Gasteiger partial charge >= 0.3 is 0 Å². The van der Waals surface area contributed by atoms with Gasteiger partial charge in [0.2, 0.25) is 5.91 Å². The molecule has 1 saturated carbocycles. The topological polar surface area (TPSA) is 70.5 Å². The van der Waals surface area contributed by atoms with E-state index in [9.17, 15) is 9.59 Å². The number of rotatable bonds is 6. The lowest BCUT2D eigenvalue weighted by atomic mass is 9.85. The number of likely N-dealkylation sites (N-methyl/N-ethyl adjacent to an activating group) is 1. The van der Waals surface area contributed by atoms with Crippen LogP contribution in [0.1, 0.15) is 42.1 Å². The van der Waals surface area contributed by atoms with E-state index < -0.39 is 0 Å². The smallest absolute Gasteiger partial charge is 0.253 e. The minimum atomic E-state index is 0.0900. The van der Waals surface area contributed by atoms with Crippen molar-refractivity contribution < 1.29 is 9.59 Å². The van der Waals surface area contributed by atoms with Crippen LogP contribution in [0.25, 0.3) is 5.69 Å². The summed E-state index contributed by atoms with van der Waals surface area (Å²) in [6, 6.07) is 7.56. The molecule has 0 unspecified atom stereocenters. The monoisotopic (exact) mass is 395 g/mol. The average molecular weight is 396 g/mol. The van der Waals surface area contributed by atoms with Crippen LogP contribution in [-0.2, 0) is 11.3 Å². The summed E-state index contributed by atoms with van der Waals surface area (Å²) in [5.41, 5.74) is 2.57. The van der Waals surface area contributed by atoms with E-state index in [1.54, 1.807) is 10.9 Å². The Labute approximate surface area is 171 Å². The van der Waals surface area contributed by atoms with Gasteiger partial charge in [-0.15, -0.1) is 0 Å². The van der Waals surface area contributed by atoms with E-state index in [0.717, 1.165) is 63.2 Å². The van der Waals surface area contributed by atoms with E-state index in [-0.39, 0.29) is 17.7 Å². The summed E-state index contributed by atoms with van der Waals surface area (Å²) in [5.74, 6) is 0.430. The molecule has 7 heteroatoms. The normalized spacial score (nSPS) is 17.8. The fourth-order valence-electron chi connectivity index (χ4n) is 3.80. The SMILES string of the molecule is CCN1CCN(C(=O)c2ccc(-n3cc(CNC(=O)C4CCC4)cn3)cc2)CC1. The molecule has 0 spiro atoms. The Bertz CT molecular complexity index is 848. The average Bonchev–Trinajstić information content (AvgIpc) is 3.20. The zero-order valence-corrected chi connectivity index (χ0v) is 17.0. The van der Waals surface area contributed by atoms with Gasteiger partial charge in [0.05, 0.1) is 11.9 Å². The first-order chi connectivity index (χ1) is 14.1. The molecule has 2 fully saturated rings. The molecule has 0 radical (unpaired) electrons. The largest absolute Gasteiger partial charge is 0.352 e. The Morgan fingerprint density at radius 1 is 1.10 bits per heavy atom. The van der Waals surface area contributed by atoms with Gasteiger partial charge in [0, 0.05) is 56.0 Å². The standard InChI is InChI=1S/C22H29N5O2/c1-2-25-10-12-26(13-11-25)22(29)19-6-8-20(9-7-19)27-16-17(15-24-27)14-23-21(28)18-4-3-5-18/h6-9,15-16,18H,2-5,10-14H2,1H3,(H,23,28). The van der Waals surface area contributed by atoms with Crippen LogP contribution in [0, 0.1) is 5.92 Å². The molecule has 2 heterocycles. The predicted octanol–water partition coefficient (Wildman–Crippen LogP) is 2.07. The Hall–Kier alpha value is -2.67. The van der Waals surface area contributed by atoms with Crippen LogP contribution in [0.5, 0.6) is 0 Å². The lowest BCUT2D eigenvalue weighted by Crippen LogP contribution is -2.48. The van der Waals surface area contributed by atoms with Crippen molar-refractivity contribution in [3.8, 4) is 5.69 Å². The first-order valence-electron chi connectivity index (χ1n) is 10.6. The highest BCUT2D eigenvalue weighted by molar-refractivity contribution is 5.94. The number of aromatic nitrogens is 2. The Morgan fingerprint density at radius 3 is 2.45 bits per heavy atom. The number of carbonyl (C=O) groups is 2. The highest BCUT2D eigenvalue weighted by Crippen LogP contribution is 2.26. The molecule has 4 rings (SSSR count). The quantitative estimate of drug-likeness (QED) is 0.813. The van der Waals surface area contributed by atoms with Gasteiger partial charge in [-0.3, -0.25) is 9.59 Å². The molecular formula is C22H29N5O2. The fraction of sp³-hybridized carbons (Fsp3) is 0.500. The van der Waals surface area contributed by atoms with Gasteiger partial charge in [-0.25, -0.2) is 4.68 Å². The van der Waals surface area contributed by atoms with Crippen LogP contribution in [0.15, 0.2) is 36.7 Å². The summed E-state index contributed by atoms with van der Waals surface area (Å²) in [6.07, 6.45) is 6.85. The second-order valence-corrected chi connectivity index (χ2v) is 7.91. The van der Waals surface area contributed by atoms with Crippen molar-refractivity contribution in [3.63, 3.8) is 0 Å². The lowest BCUT2D eigenvalue weighted by molar-refractivity contribution is -0.127. The zero-order chi connectivity index (χ0) is 20.2. The molecule has 2 aromatic rings. The van der Waals surface area contributed by atoms with E-state index in [4.69, 9.17) is 0 Å². The van der Waals surface area contributed by atoms with Crippen LogP contribution in [0.3, 0.4) is 0 Å². The Morgan fingerprint density at radius 2 is 1.83 bits per heavy atom. The Balaban J connectivity index is 1.33. The molecule has 154 valence electrons. The summed E-state index contributed by atoms with van der Waals surface area (Å²) in [4.78, 5) is 29.0. The number of carbonyl (C=O) groups excluding carboxylic acids is 2. The van der Waals surface area contributed by atoms with Crippen molar-refractivity contribution in [1.82, 2.24) is 24.9 Å². The molecule has 1 aliphatic carbocycles. The van der Waals surface area contributed by atoms with Gasteiger partial charge in [-0.05, 0) is 43.7 Å².